The molecule has 4 aromatic rings. The summed E-state index contributed by atoms with van der Waals surface area (Å²) in [6, 6.07) is 10.5. The van der Waals surface area contributed by atoms with Crippen LogP contribution < -0.4 is 66.1 Å². The van der Waals surface area contributed by atoms with E-state index in [9.17, 15) is 18.7 Å². The number of aryl methyl sites for hydroxylation is 1. The van der Waals surface area contributed by atoms with E-state index in [-0.39, 0.29) is 70.3 Å². The average Bonchev–Trinajstić information content (AvgIpc) is 3.19. The van der Waals surface area contributed by atoms with Crippen molar-refractivity contribution in [1.29, 1.82) is 0 Å². The molecule has 0 radical (unpaired) electrons. The first-order valence-corrected chi connectivity index (χ1v) is 11.7. The molecule has 1 aromatic carbocycles. The summed E-state index contributed by atoms with van der Waals surface area (Å²) in [7, 11) is 0. The number of carboxylic acids is 1. The van der Waals surface area contributed by atoms with Gasteiger partial charge in [0.15, 0.2) is 0 Å². The maximum atomic E-state index is 12.9. The minimum absolute atomic E-state index is 0. The van der Waals surface area contributed by atoms with E-state index in [1.54, 1.807) is 35.5 Å². The van der Waals surface area contributed by atoms with Crippen LogP contribution in [0.1, 0.15) is 23.9 Å². The minimum atomic E-state index is -2.91. The predicted octanol–water partition coefficient (Wildman–Crippen LogP) is -0.359. The zero-order valence-corrected chi connectivity index (χ0v) is 24.4. The quantitative estimate of drug-likeness (QED) is 0.289. The van der Waals surface area contributed by atoms with Gasteiger partial charge in [-0.05, 0) is 32.0 Å². The van der Waals surface area contributed by atoms with Crippen molar-refractivity contribution in [1.82, 2.24) is 19.4 Å². The maximum absolute atomic E-state index is 12.9. The fourth-order valence-corrected chi connectivity index (χ4v) is 4.43. The molecule has 9 nitrogen and oxygen atoms in total. The molecule has 1 aliphatic rings. The Labute approximate surface area is 260 Å². The molecule has 4 heterocycles. The molecule has 0 N–H and O–H groups in total. The second kappa shape index (κ2) is 11.7. The molecule has 12 heteroatoms. The third-order valence-electron chi connectivity index (χ3n) is 6.42. The van der Waals surface area contributed by atoms with Gasteiger partial charge in [0.1, 0.15) is 17.0 Å². The van der Waals surface area contributed by atoms with Gasteiger partial charge >= 0.3 is 58.0 Å². The number of pyridine rings is 1. The Hall–Kier alpha value is -2.48. The Balaban J connectivity index is 0.00000336. The van der Waals surface area contributed by atoms with E-state index in [2.05, 4.69) is 15.0 Å². The van der Waals surface area contributed by atoms with Crippen LogP contribution in [0.5, 0.6) is 5.75 Å². The Bertz CT molecular complexity index is 1450. The number of hydrogen-bond acceptors (Lipinski definition) is 8. The van der Waals surface area contributed by atoms with Crippen LogP contribution >= 0.6 is 0 Å². The normalized spacial score (nSPS) is 17.4. The van der Waals surface area contributed by atoms with Gasteiger partial charge in [-0.1, -0.05) is 18.2 Å². The van der Waals surface area contributed by atoms with Crippen LogP contribution in [-0.4, -0.2) is 57.2 Å². The summed E-state index contributed by atoms with van der Waals surface area (Å²) < 4.78 is 37.8. The largest absolute Gasteiger partial charge is 1.00 e. The van der Waals surface area contributed by atoms with Crippen LogP contribution in [0.15, 0.2) is 55.0 Å². The SMILES string of the molecule is Cc1nc2ccc(-c3cnc(N4CCOC(C)(C(=O)[O-])C4)nc3)cn2c1Cc1ccccc1OC(F)F.[K+]. The van der Waals surface area contributed by atoms with E-state index >= 15 is 0 Å². The molecule has 0 amide bonds. The number of benzene rings is 1. The number of halogens is 2. The van der Waals surface area contributed by atoms with Gasteiger partial charge in [0.2, 0.25) is 5.95 Å². The number of rotatable bonds is 7. The molecule has 1 fully saturated rings. The zero-order valence-electron chi connectivity index (χ0n) is 21.2. The number of nitrogens with zero attached hydrogens (tertiary/aromatic N) is 5. The molecular weight excluding hydrogens is 523 g/mol. The summed E-state index contributed by atoms with van der Waals surface area (Å²) in [5.74, 6) is -0.753. The van der Waals surface area contributed by atoms with Gasteiger partial charge in [-0.15, -0.1) is 0 Å². The number of imidazole rings is 1. The van der Waals surface area contributed by atoms with E-state index < -0.39 is 18.2 Å². The number of ether oxygens (including phenoxy) is 2. The van der Waals surface area contributed by atoms with Gasteiger partial charge in [-0.3, -0.25) is 0 Å². The Morgan fingerprint density at radius 2 is 1.92 bits per heavy atom. The number of anilines is 1. The number of carbonyl (C=O) groups excluding carboxylic acids is 1. The number of aromatic nitrogens is 4. The number of fused-ring (bicyclic) bond motifs is 1. The first-order valence-electron chi connectivity index (χ1n) is 11.7. The maximum Gasteiger partial charge on any atom is 1.00 e. The average molecular weight is 548 g/mol. The Kier molecular flexibility index (Phi) is 8.80. The molecule has 192 valence electrons. The molecule has 3 aromatic heterocycles. The van der Waals surface area contributed by atoms with Crippen molar-refractivity contribution in [3.8, 4) is 16.9 Å². The van der Waals surface area contributed by atoms with Gasteiger partial charge in [0.05, 0.1) is 24.8 Å². The first kappa shape index (κ1) is 28.5. The van der Waals surface area contributed by atoms with Gasteiger partial charge in [0, 0.05) is 53.9 Å². The van der Waals surface area contributed by atoms with Crippen molar-refractivity contribution in [3.63, 3.8) is 0 Å². The van der Waals surface area contributed by atoms with Gasteiger partial charge in [0.25, 0.3) is 0 Å². The topological polar surface area (TPSA) is 105 Å². The summed E-state index contributed by atoms with van der Waals surface area (Å²) in [6.07, 6.45) is 5.60. The number of hydrogen-bond donors (Lipinski definition) is 0. The van der Waals surface area contributed by atoms with Crippen LogP contribution in [0.25, 0.3) is 16.8 Å². The molecule has 1 unspecified atom stereocenters. The van der Waals surface area contributed by atoms with E-state index in [0.717, 1.165) is 28.2 Å². The van der Waals surface area contributed by atoms with Crippen molar-refractivity contribution >= 4 is 17.6 Å². The first-order chi connectivity index (χ1) is 17.7. The number of morpholine rings is 1. The second-order valence-electron chi connectivity index (χ2n) is 9.01. The number of carboxylic acid groups (broad SMARTS) is 1. The van der Waals surface area contributed by atoms with E-state index in [0.29, 0.717) is 24.5 Å². The van der Waals surface area contributed by atoms with E-state index in [4.69, 9.17) is 9.47 Å². The van der Waals surface area contributed by atoms with Crippen molar-refractivity contribution in [2.24, 2.45) is 0 Å². The van der Waals surface area contributed by atoms with Gasteiger partial charge in [-0.2, -0.15) is 8.78 Å². The van der Waals surface area contributed by atoms with Crippen LogP contribution in [0.4, 0.5) is 14.7 Å². The molecule has 5 rings (SSSR count). The summed E-state index contributed by atoms with van der Waals surface area (Å²) in [5, 5.41) is 11.5. The molecule has 1 saturated heterocycles. The third-order valence-corrected chi connectivity index (χ3v) is 6.42. The minimum Gasteiger partial charge on any atom is -0.547 e. The molecule has 0 bridgehead atoms. The standard InChI is InChI=1S/C26H25F2N5O4.K/c1-16-20(11-17-5-3-4-6-21(17)37-24(27)28)33-14-18(7-8-22(33)31-16)19-12-29-25(30-13-19)32-9-10-36-26(2,15-32)23(34)35;/h3-8,12-14,24H,9-11,15H2,1-2H3,(H,34,35);/q;+1/p-1. The van der Waals surface area contributed by atoms with E-state index in [1.807, 2.05) is 29.7 Å². The van der Waals surface area contributed by atoms with Crippen LogP contribution in [0.2, 0.25) is 0 Å². The summed E-state index contributed by atoms with van der Waals surface area (Å²) in [4.78, 5) is 26.7. The van der Waals surface area contributed by atoms with Gasteiger partial charge in [-0.25, -0.2) is 15.0 Å². The van der Waals surface area contributed by atoms with Crippen molar-refractivity contribution in [2.45, 2.75) is 32.5 Å². The summed E-state index contributed by atoms with van der Waals surface area (Å²) in [6.45, 7) is 1.20. The van der Waals surface area contributed by atoms with Crippen molar-refractivity contribution in [2.75, 3.05) is 24.6 Å². The summed E-state index contributed by atoms with van der Waals surface area (Å²) in [5.41, 5.74) is 3.11. The number of alkyl halides is 2. The number of para-hydroxylation sites is 1. The fourth-order valence-electron chi connectivity index (χ4n) is 4.43. The molecular formula is C26H24F2KN5O4. The van der Waals surface area contributed by atoms with E-state index in [1.165, 1.54) is 13.0 Å². The van der Waals surface area contributed by atoms with Crippen molar-refractivity contribution in [3.05, 3.63) is 71.9 Å². The van der Waals surface area contributed by atoms with Crippen molar-refractivity contribution < 1.29 is 79.5 Å². The number of carbonyl (C=O) groups is 1. The number of aliphatic carboxylic acids is 1. The molecule has 0 saturated carbocycles. The van der Waals surface area contributed by atoms with Crippen LogP contribution in [0, 0.1) is 6.92 Å². The molecule has 1 aliphatic heterocycles. The molecule has 1 atom stereocenters. The monoisotopic (exact) mass is 547 g/mol. The molecule has 0 spiro atoms. The third kappa shape index (κ3) is 5.90. The summed E-state index contributed by atoms with van der Waals surface area (Å²) >= 11 is 0. The van der Waals surface area contributed by atoms with Gasteiger partial charge < -0.3 is 28.7 Å². The smallest absolute Gasteiger partial charge is 0.547 e. The van der Waals surface area contributed by atoms with Crippen LogP contribution in [-0.2, 0) is 16.0 Å². The predicted molar refractivity (Wildman–Crippen MR) is 128 cm³/mol. The Morgan fingerprint density at radius 1 is 1.18 bits per heavy atom. The Morgan fingerprint density at radius 3 is 2.63 bits per heavy atom. The molecule has 38 heavy (non-hydrogen) atoms. The zero-order chi connectivity index (χ0) is 26.2. The second-order valence-corrected chi connectivity index (χ2v) is 9.01. The van der Waals surface area contributed by atoms with Crippen LogP contribution in [0.3, 0.4) is 0 Å². The fraction of sp³-hybridized carbons (Fsp3) is 0.308. The molecule has 0 aliphatic carbocycles.